The molecule has 0 radical (unpaired) electrons. The minimum atomic E-state index is -0.315. The lowest BCUT2D eigenvalue weighted by Gasteiger charge is -2.18. The third-order valence-corrected chi connectivity index (χ3v) is 3.59. The van der Waals surface area contributed by atoms with E-state index in [9.17, 15) is 4.79 Å². The van der Waals surface area contributed by atoms with E-state index in [-0.39, 0.29) is 23.9 Å². The monoisotopic (exact) mass is 292 g/mol. The smallest absolute Gasteiger partial charge is 0.242 e. The van der Waals surface area contributed by atoms with Crippen molar-refractivity contribution in [1.29, 1.82) is 0 Å². The van der Waals surface area contributed by atoms with Gasteiger partial charge < -0.3 is 11.1 Å². The average Bonchev–Trinajstić information content (AvgIpc) is 3.08. The molecule has 3 N–H and O–H groups in total. The highest BCUT2D eigenvalue weighted by Gasteiger charge is 2.45. The molecule has 0 unspecified atom stereocenters. The van der Waals surface area contributed by atoms with E-state index in [4.69, 9.17) is 17.3 Å². The van der Waals surface area contributed by atoms with Gasteiger partial charge in [0.05, 0.1) is 5.54 Å². The molecule has 1 aliphatic rings. The standard InChI is InChI=1S/C12H13ClN6O/c13-9-3-1-2-8(6-9)12(4-5-12)15-10(20)7-19-11(14)16-17-18-19/h1-3,6H,4-5,7H2,(H,15,20)(H2,14,16,18). The van der Waals surface area contributed by atoms with Crippen molar-refractivity contribution < 1.29 is 4.79 Å². The zero-order chi connectivity index (χ0) is 14.2. The zero-order valence-corrected chi connectivity index (χ0v) is 11.3. The Bertz CT molecular complexity index is 651. The van der Waals surface area contributed by atoms with Gasteiger partial charge in [-0.25, -0.2) is 4.68 Å². The summed E-state index contributed by atoms with van der Waals surface area (Å²) in [5, 5.41) is 14.2. The molecule has 0 spiro atoms. The Labute approximate surface area is 120 Å². The van der Waals surface area contributed by atoms with E-state index in [0.29, 0.717) is 5.02 Å². The van der Waals surface area contributed by atoms with E-state index in [1.165, 1.54) is 4.68 Å². The first kappa shape index (κ1) is 12.9. The van der Waals surface area contributed by atoms with Crippen molar-refractivity contribution in [1.82, 2.24) is 25.5 Å². The SMILES string of the molecule is Nc1nnnn1CC(=O)NC1(c2cccc(Cl)c2)CC1. The maximum Gasteiger partial charge on any atom is 0.242 e. The topological polar surface area (TPSA) is 98.7 Å². The summed E-state index contributed by atoms with van der Waals surface area (Å²) in [6.07, 6.45) is 1.79. The number of anilines is 1. The number of halogens is 1. The fourth-order valence-electron chi connectivity index (χ4n) is 2.16. The minimum absolute atomic E-state index is 0.00114. The van der Waals surface area contributed by atoms with Gasteiger partial charge in [-0.1, -0.05) is 28.8 Å². The highest BCUT2D eigenvalue weighted by molar-refractivity contribution is 6.30. The summed E-state index contributed by atoms with van der Waals surface area (Å²) < 4.78 is 1.25. The Hall–Kier alpha value is -2.15. The van der Waals surface area contributed by atoms with Crippen LogP contribution in [-0.2, 0) is 16.9 Å². The number of nitrogen functional groups attached to an aromatic ring is 1. The van der Waals surface area contributed by atoms with Gasteiger partial charge in [-0.15, -0.1) is 0 Å². The summed E-state index contributed by atoms with van der Waals surface area (Å²) in [6, 6.07) is 7.53. The van der Waals surface area contributed by atoms with Gasteiger partial charge in [0.2, 0.25) is 11.9 Å². The number of carbonyl (C=O) groups is 1. The fourth-order valence-corrected chi connectivity index (χ4v) is 2.35. The van der Waals surface area contributed by atoms with Crippen LogP contribution in [0.5, 0.6) is 0 Å². The summed E-state index contributed by atoms with van der Waals surface area (Å²) in [5.41, 5.74) is 6.23. The van der Waals surface area contributed by atoms with Gasteiger partial charge in [0.25, 0.3) is 0 Å². The summed E-state index contributed by atoms with van der Waals surface area (Å²) in [6.45, 7) is 0.00114. The number of aromatic nitrogens is 4. The Morgan fingerprint density at radius 2 is 2.30 bits per heavy atom. The van der Waals surface area contributed by atoms with E-state index in [0.717, 1.165) is 18.4 Å². The Morgan fingerprint density at radius 1 is 1.50 bits per heavy atom. The summed E-state index contributed by atoms with van der Waals surface area (Å²) >= 11 is 5.99. The van der Waals surface area contributed by atoms with Crippen molar-refractivity contribution >= 4 is 23.5 Å². The molecule has 2 aromatic rings. The third-order valence-electron chi connectivity index (χ3n) is 3.36. The molecule has 1 saturated carbocycles. The second-order valence-corrected chi connectivity index (χ2v) is 5.27. The molecule has 0 aliphatic heterocycles. The van der Waals surface area contributed by atoms with Crippen LogP contribution >= 0.6 is 11.6 Å². The fraction of sp³-hybridized carbons (Fsp3) is 0.333. The molecule has 0 bridgehead atoms. The van der Waals surface area contributed by atoms with Gasteiger partial charge in [0.1, 0.15) is 6.54 Å². The van der Waals surface area contributed by atoms with Crippen molar-refractivity contribution in [2.45, 2.75) is 24.9 Å². The largest absolute Gasteiger partial charge is 0.367 e. The first-order valence-corrected chi connectivity index (χ1v) is 6.56. The second kappa shape index (κ2) is 4.75. The number of hydrogen-bond donors (Lipinski definition) is 2. The minimum Gasteiger partial charge on any atom is -0.367 e. The van der Waals surface area contributed by atoms with Gasteiger partial charge in [0, 0.05) is 5.02 Å². The number of rotatable bonds is 4. The second-order valence-electron chi connectivity index (χ2n) is 4.84. The summed E-state index contributed by atoms with van der Waals surface area (Å²) in [7, 11) is 0. The molecule has 3 rings (SSSR count). The molecule has 1 heterocycles. The number of nitrogens with two attached hydrogens (primary N) is 1. The number of carbonyl (C=O) groups excluding carboxylic acids is 1. The molecule has 1 aromatic carbocycles. The maximum atomic E-state index is 12.1. The molecular weight excluding hydrogens is 280 g/mol. The van der Waals surface area contributed by atoms with E-state index in [1.807, 2.05) is 24.3 Å². The van der Waals surface area contributed by atoms with Gasteiger partial charge in [0.15, 0.2) is 0 Å². The number of amides is 1. The van der Waals surface area contributed by atoms with Crippen molar-refractivity contribution in [3.8, 4) is 0 Å². The van der Waals surface area contributed by atoms with Crippen LogP contribution in [0.3, 0.4) is 0 Å². The molecule has 8 heteroatoms. The number of hydrogen-bond acceptors (Lipinski definition) is 5. The molecule has 104 valence electrons. The predicted octanol–water partition coefficient (Wildman–Crippen LogP) is 0.714. The molecule has 7 nitrogen and oxygen atoms in total. The van der Waals surface area contributed by atoms with Crippen LogP contribution in [0.4, 0.5) is 5.95 Å². The van der Waals surface area contributed by atoms with Crippen LogP contribution in [0, 0.1) is 0 Å². The molecule has 0 saturated heterocycles. The van der Waals surface area contributed by atoms with Crippen LogP contribution in [0.25, 0.3) is 0 Å². The molecule has 0 atom stereocenters. The van der Waals surface area contributed by atoms with Gasteiger partial charge in [-0.2, -0.15) is 0 Å². The third kappa shape index (κ3) is 2.44. The molecule has 1 amide bonds. The number of benzene rings is 1. The number of tetrazole rings is 1. The highest BCUT2D eigenvalue weighted by atomic mass is 35.5. The van der Waals surface area contributed by atoms with Crippen molar-refractivity contribution in [2.24, 2.45) is 0 Å². The van der Waals surface area contributed by atoms with Crippen molar-refractivity contribution in [2.75, 3.05) is 5.73 Å². The van der Waals surface area contributed by atoms with Crippen LogP contribution in [0.15, 0.2) is 24.3 Å². The lowest BCUT2D eigenvalue weighted by Crippen LogP contribution is -2.37. The lowest BCUT2D eigenvalue weighted by atomic mass is 10.1. The van der Waals surface area contributed by atoms with Crippen LogP contribution < -0.4 is 11.1 Å². The van der Waals surface area contributed by atoms with E-state index >= 15 is 0 Å². The van der Waals surface area contributed by atoms with Gasteiger partial charge >= 0.3 is 0 Å². The number of nitrogens with zero attached hydrogens (tertiary/aromatic N) is 4. The lowest BCUT2D eigenvalue weighted by molar-refractivity contribution is -0.122. The maximum absolute atomic E-state index is 12.1. The molecule has 1 fully saturated rings. The Morgan fingerprint density at radius 3 is 2.90 bits per heavy atom. The van der Waals surface area contributed by atoms with Gasteiger partial charge in [-0.05, 0) is 41.0 Å². The number of nitrogens with one attached hydrogen (secondary N) is 1. The molecule has 20 heavy (non-hydrogen) atoms. The van der Waals surface area contributed by atoms with Gasteiger partial charge in [-0.3, -0.25) is 4.79 Å². The van der Waals surface area contributed by atoms with Crippen LogP contribution in [-0.4, -0.2) is 26.1 Å². The normalized spacial score (nSPS) is 15.8. The predicted molar refractivity (Wildman–Crippen MR) is 72.7 cm³/mol. The highest BCUT2D eigenvalue weighted by Crippen LogP contribution is 2.45. The van der Waals surface area contributed by atoms with Crippen LogP contribution in [0.1, 0.15) is 18.4 Å². The molecule has 1 aromatic heterocycles. The van der Waals surface area contributed by atoms with E-state index in [1.54, 1.807) is 0 Å². The molecular formula is C12H13ClN6O. The van der Waals surface area contributed by atoms with E-state index < -0.39 is 0 Å². The Balaban J connectivity index is 1.71. The first-order chi connectivity index (χ1) is 9.59. The molecule has 1 aliphatic carbocycles. The van der Waals surface area contributed by atoms with Crippen molar-refractivity contribution in [3.63, 3.8) is 0 Å². The Kier molecular flexibility index (Phi) is 3.06. The van der Waals surface area contributed by atoms with Crippen molar-refractivity contribution in [3.05, 3.63) is 34.9 Å². The first-order valence-electron chi connectivity index (χ1n) is 6.18. The zero-order valence-electron chi connectivity index (χ0n) is 10.6. The summed E-state index contributed by atoms with van der Waals surface area (Å²) in [4.78, 5) is 12.1. The summed E-state index contributed by atoms with van der Waals surface area (Å²) in [5.74, 6) is -0.0609. The van der Waals surface area contributed by atoms with E-state index in [2.05, 4.69) is 20.8 Å². The van der Waals surface area contributed by atoms with Crippen LogP contribution in [0.2, 0.25) is 5.02 Å². The average molecular weight is 293 g/mol. The quantitative estimate of drug-likeness (QED) is 0.865.